The minimum absolute atomic E-state index is 1.08. The summed E-state index contributed by atoms with van der Waals surface area (Å²) in [6.45, 7) is 0. The van der Waals surface area contributed by atoms with E-state index in [4.69, 9.17) is 0 Å². The van der Waals surface area contributed by atoms with Gasteiger partial charge in [0.2, 0.25) is 0 Å². The maximum atomic E-state index is 2.39. The molecule has 0 aliphatic carbocycles. The smallest absolute Gasteiger partial charge is 0.0540 e. The summed E-state index contributed by atoms with van der Waals surface area (Å²) in [6.07, 6.45) is 0. The molecule has 0 aliphatic heterocycles. The summed E-state index contributed by atoms with van der Waals surface area (Å²) in [7, 11) is 0. The first-order valence-corrected chi connectivity index (χ1v) is 26.1. The predicted octanol–water partition coefficient (Wildman–Crippen LogP) is 20.9. The van der Waals surface area contributed by atoms with Crippen LogP contribution in [-0.2, 0) is 0 Å². The molecule has 0 fully saturated rings. The highest BCUT2D eigenvalue weighted by Crippen LogP contribution is 2.43. The molecule has 0 heterocycles. The van der Waals surface area contributed by atoms with Crippen LogP contribution in [0.1, 0.15) is 0 Å². The van der Waals surface area contributed by atoms with E-state index in [-0.39, 0.29) is 0 Å². The molecule has 76 heavy (non-hydrogen) atoms. The fourth-order valence-corrected chi connectivity index (χ4v) is 10.8. The van der Waals surface area contributed by atoms with Gasteiger partial charge in [0.25, 0.3) is 0 Å². The number of anilines is 6. The van der Waals surface area contributed by atoms with Crippen LogP contribution < -0.4 is 9.80 Å². The van der Waals surface area contributed by atoms with Gasteiger partial charge in [-0.05, 0) is 162 Å². The molecule has 0 bridgehead atoms. The molecule has 0 saturated heterocycles. The number of hydrogen-bond donors (Lipinski definition) is 0. The SMILES string of the molecule is c1ccc(-c2cccc(-c3ccc(N(c4ccc(-c5ccc(N(c6ccc(-c7cc(-c8ccccc8)cc(-c8ccccc8)c7)cc6)c6cccc7ccccc67)cc5)cc4)c4cccc5ccccc45)cc3)c2)cc1. The van der Waals surface area contributed by atoms with Crippen LogP contribution in [-0.4, -0.2) is 0 Å². The minimum Gasteiger partial charge on any atom is -0.310 e. The van der Waals surface area contributed by atoms with E-state index in [1.807, 2.05) is 0 Å². The highest BCUT2D eigenvalue weighted by molar-refractivity contribution is 6.01. The number of rotatable bonds is 12. The van der Waals surface area contributed by atoms with Crippen LogP contribution in [0.15, 0.2) is 315 Å². The Hall–Kier alpha value is -10.0. The molecule has 0 amide bonds. The van der Waals surface area contributed by atoms with Crippen molar-refractivity contribution >= 4 is 55.7 Å². The Bertz CT molecular complexity index is 4040. The van der Waals surface area contributed by atoms with Gasteiger partial charge in [0, 0.05) is 33.5 Å². The van der Waals surface area contributed by atoms with E-state index in [1.54, 1.807) is 0 Å². The Morgan fingerprint density at radius 3 is 0.763 bits per heavy atom. The van der Waals surface area contributed by atoms with Crippen LogP contribution in [0, 0.1) is 0 Å². The maximum absolute atomic E-state index is 2.39. The minimum atomic E-state index is 1.08. The van der Waals surface area contributed by atoms with Crippen molar-refractivity contribution in [2.75, 3.05) is 9.80 Å². The molecule has 2 heteroatoms. The Morgan fingerprint density at radius 2 is 0.395 bits per heavy atom. The fraction of sp³-hybridized carbons (Fsp3) is 0. The second kappa shape index (κ2) is 20.5. The fourth-order valence-electron chi connectivity index (χ4n) is 10.8. The summed E-state index contributed by atoms with van der Waals surface area (Å²) in [5, 5.41) is 4.80. The second-order valence-corrected chi connectivity index (χ2v) is 19.3. The molecule has 0 aliphatic rings. The Morgan fingerprint density at radius 1 is 0.158 bits per heavy atom. The van der Waals surface area contributed by atoms with E-state index in [0.717, 1.165) is 50.8 Å². The Balaban J connectivity index is 0.834. The van der Waals surface area contributed by atoms with Gasteiger partial charge in [-0.2, -0.15) is 0 Å². The van der Waals surface area contributed by atoms with E-state index < -0.39 is 0 Å². The van der Waals surface area contributed by atoms with Gasteiger partial charge in [-0.1, -0.05) is 231 Å². The summed E-state index contributed by atoms with van der Waals surface area (Å²) in [4.78, 5) is 4.77. The topological polar surface area (TPSA) is 6.48 Å². The van der Waals surface area contributed by atoms with Crippen LogP contribution in [0.5, 0.6) is 0 Å². The normalized spacial score (nSPS) is 11.2. The molecule has 0 N–H and O–H groups in total. The van der Waals surface area contributed by atoms with Crippen molar-refractivity contribution in [3.8, 4) is 66.8 Å². The van der Waals surface area contributed by atoms with Gasteiger partial charge in [-0.3, -0.25) is 0 Å². The van der Waals surface area contributed by atoms with Gasteiger partial charge in [-0.15, -0.1) is 0 Å². The molecule has 0 unspecified atom stereocenters. The van der Waals surface area contributed by atoms with Crippen molar-refractivity contribution in [3.63, 3.8) is 0 Å². The first-order valence-electron chi connectivity index (χ1n) is 26.1. The third-order valence-corrected chi connectivity index (χ3v) is 14.6. The zero-order chi connectivity index (χ0) is 50.6. The highest BCUT2D eigenvalue weighted by Gasteiger charge is 2.19. The number of nitrogens with zero attached hydrogens (tertiary/aromatic N) is 2. The maximum Gasteiger partial charge on any atom is 0.0540 e. The third kappa shape index (κ3) is 9.21. The Kier molecular flexibility index (Phi) is 12.3. The van der Waals surface area contributed by atoms with Crippen LogP contribution in [0.3, 0.4) is 0 Å². The summed E-state index contributed by atoms with van der Waals surface area (Å²) < 4.78 is 0. The first kappa shape index (κ1) is 45.8. The molecular weight excluding hydrogens is 917 g/mol. The molecule has 13 aromatic rings. The van der Waals surface area contributed by atoms with E-state index in [1.165, 1.54) is 71.6 Å². The Labute approximate surface area is 445 Å². The summed E-state index contributed by atoms with van der Waals surface area (Å²) >= 11 is 0. The van der Waals surface area contributed by atoms with Gasteiger partial charge >= 0.3 is 0 Å². The number of fused-ring (bicyclic) bond motifs is 2. The summed E-state index contributed by atoms with van der Waals surface area (Å²) in [5.41, 5.74) is 20.8. The van der Waals surface area contributed by atoms with Crippen LogP contribution in [0.2, 0.25) is 0 Å². The van der Waals surface area contributed by atoms with Gasteiger partial charge in [0.1, 0.15) is 0 Å². The predicted molar refractivity (Wildman–Crippen MR) is 323 cm³/mol. The van der Waals surface area contributed by atoms with Crippen LogP contribution >= 0.6 is 0 Å². The molecule has 13 rings (SSSR count). The summed E-state index contributed by atoms with van der Waals surface area (Å²) in [5.74, 6) is 0. The zero-order valence-electron chi connectivity index (χ0n) is 41.9. The molecule has 0 atom stereocenters. The largest absolute Gasteiger partial charge is 0.310 e. The van der Waals surface area contributed by atoms with E-state index in [2.05, 4.69) is 325 Å². The van der Waals surface area contributed by atoms with Crippen molar-refractivity contribution in [2.24, 2.45) is 0 Å². The average Bonchev–Trinajstić information content (AvgIpc) is 3.51. The zero-order valence-corrected chi connectivity index (χ0v) is 41.9. The standard InChI is InChI=1S/C74H52N2/c1-4-17-53(18-5-1)62-27-14-28-63(49-62)58-37-45-69(46-38-58)75(73-31-15-25-60-23-10-12-29-71(60)73)67-41-33-56(34-42-67)57-35-43-68(44-36-57)76(74-32-16-26-61-24-11-13-30-72(61)74)70-47-39-59(40-48-70)66-51-64(54-19-6-2-7-20-54)50-65(52-66)55-21-8-3-9-22-55/h1-52H. The van der Waals surface area contributed by atoms with E-state index in [0.29, 0.717) is 0 Å². The highest BCUT2D eigenvalue weighted by atomic mass is 15.1. The monoisotopic (exact) mass is 968 g/mol. The molecule has 13 aromatic carbocycles. The quantitative estimate of drug-likeness (QED) is 0.120. The van der Waals surface area contributed by atoms with Gasteiger partial charge in [0.05, 0.1) is 11.4 Å². The van der Waals surface area contributed by atoms with Crippen molar-refractivity contribution in [2.45, 2.75) is 0 Å². The lowest BCUT2D eigenvalue weighted by Crippen LogP contribution is -2.10. The lowest BCUT2D eigenvalue weighted by Gasteiger charge is -2.28. The van der Waals surface area contributed by atoms with Crippen LogP contribution in [0.25, 0.3) is 88.3 Å². The van der Waals surface area contributed by atoms with E-state index in [9.17, 15) is 0 Å². The second-order valence-electron chi connectivity index (χ2n) is 19.3. The molecule has 358 valence electrons. The lowest BCUT2D eigenvalue weighted by molar-refractivity contribution is 1.29. The lowest BCUT2D eigenvalue weighted by atomic mass is 9.93. The van der Waals surface area contributed by atoms with Crippen molar-refractivity contribution < 1.29 is 0 Å². The molecule has 0 radical (unpaired) electrons. The molecule has 0 aromatic heterocycles. The molecule has 0 saturated carbocycles. The first-order chi connectivity index (χ1) is 37.7. The molecule has 2 nitrogen and oxygen atoms in total. The van der Waals surface area contributed by atoms with Gasteiger partial charge < -0.3 is 9.80 Å². The van der Waals surface area contributed by atoms with Gasteiger partial charge in [-0.25, -0.2) is 0 Å². The molecule has 0 spiro atoms. The number of benzene rings is 13. The third-order valence-electron chi connectivity index (χ3n) is 14.6. The van der Waals surface area contributed by atoms with Gasteiger partial charge in [0.15, 0.2) is 0 Å². The summed E-state index contributed by atoms with van der Waals surface area (Å²) in [6, 6.07) is 114. The van der Waals surface area contributed by atoms with Crippen molar-refractivity contribution in [3.05, 3.63) is 315 Å². The molecular formula is C74H52N2. The van der Waals surface area contributed by atoms with Crippen molar-refractivity contribution in [1.29, 1.82) is 0 Å². The average molecular weight is 969 g/mol. The van der Waals surface area contributed by atoms with E-state index >= 15 is 0 Å². The van der Waals surface area contributed by atoms with Crippen LogP contribution in [0.4, 0.5) is 34.1 Å². The van der Waals surface area contributed by atoms with Crippen molar-refractivity contribution in [1.82, 2.24) is 0 Å². The number of hydrogen-bond acceptors (Lipinski definition) is 2.